The highest BCUT2D eigenvalue weighted by molar-refractivity contribution is 5.94. The van der Waals surface area contributed by atoms with Crippen LogP contribution in [0.15, 0.2) is 42.5 Å². The van der Waals surface area contributed by atoms with Crippen molar-refractivity contribution >= 4 is 16.7 Å². The summed E-state index contributed by atoms with van der Waals surface area (Å²) in [4.78, 5) is 10.6. The van der Waals surface area contributed by atoms with E-state index in [2.05, 4.69) is 10.6 Å². The molecular weight excluding hydrogens is 240 g/mol. The van der Waals surface area contributed by atoms with E-state index in [1.165, 1.54) is 0 Å². The average molecular weight is 258 g/mol. The van der Waals surface area contributed by atoms with Gasteiger partial charge < -0.3 is 15.7 Å². The van der Waals surface area contributed by atoms with Gasteiger partial charge in [0.1, 0.15) is 0 Å². The lowest BCUT2D eigenvalue weighted by Gasteiger charge is -2.11. The van der Waals surface area contributed by atoms with Crippen LogP contribution < -0.4 is 10.6 Å². The Morgan fingerprint density at radius 3 is 2.00 bits per heavy atom. The SMILES string of the molecule is C1CNCCN1.O=C(O)c1ccc2ccccc2c1. The fourth-order valence-electron chi connectivity index (χ4n) is 1.93. The van der Waals surface area contributed by atoms with Gasteiger partial charge in [0.2, 0.25) is 0 Å². The summed E-state index contributed by atoms with van der Waals surface area (Å²) in [5.74, 6) is -0.884. The lowest BCUT2D eigenvalue weighted by Crippen LogP contribution is -2.39. The molecule has 2 aromatic rings. The van der Waals surface area contributed by atoms with Crippen molar-refractivity contribution in [1.82, 2.24) is 10.6 Å². The number of hydrogen-bond donors (Lipinski definition) is 3. The lowest BCUT2D eigenvalue weighted by molar-refractivity contribution is 0.0697. The van der Waals surface area contributed by atoms with Crippen LogP contribution in [0.3, 0.4) is 0 Å². The van der Waals surface area contributed by atoms with Crippen LogP contribution in [0.4, 0.5) is 0 Å². The van der Waals surface area contributed by atoms with Crippen LogP contribution in [-0.2, 0) is 0 Å². The number of aromatic carboxylic acids is 1. The predicted molar refractivity (Wildman–Crippen MR) is 76.6 cm³/mol. The van der Waals surface area contributed by atoms with Gasteiger partial charge in [-0.15, -0.1) is 0 Å². The molecule has 3 rings (SSSR count). The van der Waals surface area contributed by atoms with E-state index in [0.717, 1.165) is 37.0 Å². The molecular formula is C15H18N2O2. The van der Waals surface area contributed by atoms with Crippen LogP contribution in [0, 0.1) is 0 Å². The second-order valence-corrected chi connectivity index (χ2v) is 4.37. The fourth-order valence-corrected chi connectivity index (χ4v) is 1.93. The van der Waals surface area contributed by atoms with E-state index in [1.807, 2.05) is 30.3 Å². The summed E-state index contributed by atoms with van der Waals surface area (Å²) in [5, 5.41) is 17.2. The standard InChI is InChI=1S/C11H8O2.C4H10N2/c12-11(13)10-6-5-8-3-1-2-4-9(8)7-10;1-2-6-4-3-5-1/h1-7H,(H,12,13);5-6H,1-4H2. The van der Waals surface area contributed by atoms with Gasteiger partial charge in [-0.3, -0.25) is 0 Å². The minimum Gasteiger partial charge on any atom is -0.478 e. The van der Waals surface area contributed by atoms with Gasteiger partial charge >= 0.3 is 5.97 Å². The molecule has 0 aromatic heterocycles. The fraction of sp³-hybridized carbons (Fsp3) is 0.267. The monoisotopic (exact) mass is 258 g/mol. The Kier molecular flexibility index (Phi) is 4.89. The van der Waals surface area contributed by atoms with Crippen molar-refractivity contribution in [2.45, 2.75) is 0 Å². The number of fused-ring (bicyclic) bond motifs is 1. The van der Waals surface area contributed by atoms with Gasteiger partial charge in [-0.05, 0) is 22.9 Å². The molecule has 0 amide bonds. The lowest BCUT2D eigenvalue weighted by atomic mass is 10.1. The largest absolute Gasteiger partial charge is 0.478 e. The van der Waals surface area contributed by atoms with Crippen LogP contribution in [0.1, 0.15) is 10.4 Å². The van der Waals surface area contributed by atoms with E-state index >= 15 is 0 Å². The van der Waals surface area contributed by atoms with E-state index in [1.54, 1.807) is 12.1 Å². The molecule has 19 heavy (non-hydrogen) atoms. The van der Waals surface area contributed by atoms with Gasteiger partial charge in [-0.1, -0.05) is 30.3 Å². The quantitative estimate of drug-likeness (QED) is 0.729. The highest BCUT2D eigenvalue weighted by Gasteiger charge is 2.01. The molecule has 0 spiro atoms. The molecule has 0 aliphatic carbocycles. The maximum atomic E-state index is 10.6. The van der Waals surface area contributed by atoms with Crippen molar-refractivity contribution in [2.75, 3.05) is 26.2 Å². The second-order valence-electron chi connectivity index (χ2n) is 4.37. The van der Waals surface area contributed by atoms with Crippen molar-refractivity contribution in [1.29, 1.82) is 0 Å². The topological polar surface area (TPSA) is 61.4 Å². The molecule has 4 heteroatoms. The van der Waals surface area contributed by atoms with Crippen molar-refractivity contribution < 1.29 is 9.90 Å². The molecule has 1 fully saturated rings. The molecule has 0 bridgehead atoms. The molecule has 0 atom stereocenters. The molecule has 1 heterocycles. The third kappa shape index (κ3) is 4.05. The second kappa shape index (κ2) is 6.87. The maximum absolute atomic E-state index is 10.6. The van der Waals surface area contributed by atoms with E-state index in [0.29, 0.717) is 5.56 Å². The number of carboxylic acids is 1. The van der Waals surface area contributed by atoms with Crippen molar-refractivity contribution in [3.05, 3.63) is 48.0 Å². The minimum absolute atomic E-state index is 0.332. The van der Waals surface area contributed by atoms with Gasteiger partial charge in [0, 0.05) is 26.2 Å². The Bertz CT molecular complexity index is 539. The summed E-state index contributed by atoms with van der Waals surface area (Å²) in [6.07, 6.45) is 0. The van der Waals surface area contributed by atoms with Crippen LogP contribution in [0.5, 0.6) is 0 Å². The average Bonchev–Trinajstić information content (AvgIpc) is 2.49. The van der Waals surface area contributed by atoms with Gasteiger partial charge in [-0.2, -0.15) is 0 Å². The molecule has 0 unspecified atom stereocenters. The summed E-state index contributed by atoms with van der Waals surface area (Å²) in [6, 6.07) is 12.8. The summed E-state index contributed by atoms with van der Waals surface area (Å²) in [7, 11) is 0. The summed E-state index contributed by atoms with van der Waals surface area (Å²) in [6.45, 7) is 4.56. The number of hydrogen-bond acceptors (Lipinski definition) is 3. The Morgan fingerprint density at radius 1 is 0.895 bits per heavy atom. The number of rotatable bonds is 1. The predicted octanol–water partition coefficient (Wildman–Crippen LogP) is 1.72. The molecule has 2 aromatic carbocycles. The summed E-state index contributed by atoms with van der Waals surface area (Å²) >= 11 is 0. The van der Waals surface area contributed by atoms with E-state index in [-0.39, 0.29) is 0 Å². The van der Waals surface area contributed by atoms with E-state index in [4.69, 9.17) is 5.11 Å². The zero-order chi connectivity index (χ0) is 13.5. The Hall–Kier alpha value is -1.91. The van der Waals surface area contributed by atoms with Crippen LogP contribution in [-0.4, -0.2) is 37.3 Å². The van der Waals surface area contributed by atoms with Crippen molar-refractivity contribution in [3.8, 4) is 0 Å². The molecule has 4 nitrogen and oxygen atoms in total. The van der Waals surface area contributed by atoms with Crippen LogP contribution in [0.25, 0.3) is 10.8 Å². The third-order valence-electron chi connectivity index (χ3n) is 2.95. The highest BCUT2D eigenvalue weighted by Crippen LogP contribution is 2.15. The minimum atomic E-state index is -0.884. The molecule has 0 radical (unpaired) electrons. The van der Waals surface area contributed by atoms with Crippen LogP contribution >= 0.6 is 0 Å². The molecule has 1 aliphatic heterocycles. The van der Waals surface area contributed by atoms with E-state index < -0.39 is 5.97 Å². The summed E-state index contributed by atoms with van der Waals surface area (Å²) < 4.78 is 0. The van der Waals surface area contributed by atoms with Gasteiger partial charge in [0.05, 0.1) is 5.56 Å². The van der Waals surface area contributed by atoms with Gasteiger partial charge in [0.15, 0.2) is 0 Å². The number of benzene rings is 2. The number of carboxylic acid groups (broad SMARTS) is 1. The van der Waals surface area contributed by atoms with Gasteiger partial charge in [0.25, 0.3) is 0 Å². The molecule has 100 valence electrons. The smallest absolute Gasteiger partial charge is 0.335 e. The first-order chi connectivity index (χ1) is 9.27. The van der Waals surface area contributed by atoms with Crippen molar-refractivity contribution in [3.63, 3.8) is 0 Å². The molecule has 1 saturated heterocycles. The first-order valence-corrected chi connectivity index (χ1v) is 6.41. The third-order valence-corrected chi connectivity index (χ3v) is 2.95. The maximum Gasteiger partial charge on any atom is 0.335 e. The van der Waals surface area contributed by atoms with Gasteiger partial charge in [-0.25, -0.2) is 4.79 Å². The van der Waals surface area contributed by atoms with Crippen molar-refractivity contribution in [2.24, 2.45) is 0 Å². The number of piperazine rings is 1. The molecule has 0 saturated carbocycles. The zero-order valence-corrected chi connectivity index (χ0v) is 10.7. The van der Waals surface area contributed by atoms with E-state index in [9.17, 15) is 4.79 Å². The molecule has 3 N–H and O–H groups in total. The number of carbonyl (C=O) groups is 1. The first kappa shape index (κ1) is 13.5. The Labute approximate surface area is 112 Å². The Balaban J connectivity index is 0.000000186. The highest BCUT2D eigenvalue weighted by atomic mass is 16.4. The first-order valence-electron chi connectivity index (χ1n) is 6.41. The summed E-state index contributed by atoms with van der Waals surface area (Å²) in [5.41, 5.74) is 0.332. The Morgan fingerprint density at radius 2 is 1.47 bits per heavy atom. The van der Waals surface area contributed by atoms with Crippen LogP contribution in [0.2, 0.25) is 0 Å². The zero-order valence-electron chi connectivity index (χ0n) is 10.7. The molecule has 1 aliphatic rings. The number of nitrogens with one attached hydrogen (secondary N) is 2. The normalized spacial score (nSPS) is 14.5.